The smallest absolute Gasteiger partial charge is 0.194 e. The minimum Gasteiger partial charge on any atom is -0.310 e. The van der Waals surface area contributed by atoms with Gasteiger partial charge in [-0.3, -0.25) is 14.8 Å². The number of thiophene rings is 1. The number of hydrogen-bond acceptors (Lipinski definition) is 7. The number of aromatic nitrogens is 2. The van der Waals surface area contributed by atoms with Gasteiger partial charge in [0.15, 0.2) is 5.78 Å². The molecule has 2 aliphatic carbocycles. The number of allylic oxidation sites excluding steroid dienone is 3. The maximum Gasteiger partial charge on any atom is 0.194 e. The normalized spacial score (nSPS) is 14.8. The molecule has 0 saturated heterocycles. The van der Waals surface area contributed by atoms with Crippen molar-refractivity contribution >= 4 is 45.8 Å². The van der Waals surface area contributed by atoms with E-state index in [9.17, 15) is 15.3 Å². The second kappa shape index (κ2) is 11.0. The van der Waals surface area contributed by atoms with E-state index in [1.54, 1.807) is 29.5 Å². The Bertz CT molecular complexity index is 2220. The van der Waals surface area contributed by atoms with Crippen molar-refractivity contribution in [2.24, 2.45) is 0 Å². The molecular weight excluding hydrogens is 599 g/mol. The molecule has 0 unspecified atom stereocenters. The number of pyridine rings is 2. The van der Waals surface area contributed by atoms with Crippen LogP contribution < -0.4 is 4.90 Å². The van der Waals surface area contributed by atoms with Gasteiger partial charge < -0.3 is 4.90 Å². The molecule has 0 aliphatic heterocycles. The summed E-state index contributed by atoms with van der Waals surface area (Å²) in [5, 5.41) is 19.5. The van der Waals surface area contributed by atoms with Crippen molar-refractivity contribution in [2.45, 2.75) is 47.0 Å². The van der Waals surface area contributed by atoms with E-state index < -0.39 is 0 Å². The summed E-state index contributed by atoms with van der Waals surface area (Å²) in [5.41, 5.74) is 12.1. The third-order valence-corrected chi connectivity index (χ3v) is 10.1. The Kier molecular flexibility index (Phi) is 7.04. The molecule has 6 nitrogen and oxygen atoms in total. The van der Waals surface area contributed by atoms with Crippen LogP contribution in [0, 0.1) is 50.4 Å². The van der Waals surface area contributed by atoms with Crippen LogP contribution >= 0.6 is 11.3 Å². The molecule has 2 aromatic carbocycles. The minimum atomic E-state index is -0.306. The number of aryl methyl sites for hydroxylation is 4. The van der Waals surface area contributed by atoms with Crippen molar-refractivity contribution in [1.82, 2.24) is 9.97 Å². The standard InChI is InChI=1S/C40H31N5OS/c1-22-13-28(14-23(2)43-22)45(29-15-24(3)44-25(4)16-29)27-11-12-33-35(17-27)40(5,6)36-19-30(47-39(33)36)18-34-37(26(20-41)21-42)31-9-7-8-10-32(31)38(34)46/h7-19H,1-6H3/b34-18-. The van der Waals surface area contributed by atoms with Crippen LogP contribution in [0.3, 0.4) is 0 Å². The van der Waals surface area contributed by atoms with Crippen molar-refractivity contribution in [2.75, 3.05) is 4.90 Å². The fourth-order valence-corrected chi connectivity index (χ4v) is 8.30. The van der Waals surface area contributed by atoms with Gasteiger partial charge in [0, 0.05) is 71.7 Å². The Morgan fingerprint density at radius 3 is 1.89 bits per heavy atom. The SMILES string of the molecule is Cc1cc(N(c2cc(C)nc(C)c2)c2ccc3c(c2)C(C)(C)c2cc(/C=C4\C(=O)c5ccccc5C4=C(C#N)C#N)sc2-3)cc(C)n1. The Morgan fingerprint density at radius 1 is 0.745 bits per heavy atom. The van der Waals surface area contributed by atoms with Gasteiger partial charge >= 0.3 is 0 Å². The molecule has 3 heterocycles. The highest BCUT2D eigenvalue weighted by Crippen LogP contribution is 2.54. The lowest BCUT2D eigenvalue weighted by atomic mass is 9.82. The lowest BCUT2D eigenvalue weighted by Crippen LogP contribution is -2.17. The fraction of sp³-hybridized carbons (Fsp3) is 0.175. The van der Waals surface area contributed by atoms with Gasteiger partial charge in [0.25, 0.3) is 0 Å². The van der Waals surface area contributed by atoms with Crippen LogP contribution in [0.25, 0.3) is 22.1 Å². The van der Waals surface area contributed by atoms with Crippen molar-refractivity contribution in [3.63, 3.8) is 0 Å². The zero-order chi connectivity index (χ0) is 33.2. The summed E-state index contributed by atoms with van der Waals surface area (Å²) in [7, 11) is 0. The second-order valence-electron chi connectivity index (χ2n) is 12.7. The molecule has 0 saturated carbocycles. The molecule has 228 valence electrons. The molecular formula is C40H31N5OS. The van der Waals surface area contributed by atoms with E-state index in [2.05, 4.69) is 77.2 Å². The average molecular weight is 630 g/mol. The Hall–Kier alpha value is -5.63. The molecule has 0 bridgehead atoms. The van der Waals surface area contributed by atoms with E-state index in [4.69, 9.17) is 0 Å². The van der Waals surface area contributed by atoms with E-state index in [0.29, 0.717) is 22.3 Å². The van der Waals surface area contributed by atoms with Gasteiger partial charge in [0.1, 0.15) is 17.7 Å². The van der Waals surface area contributed by atoms with Gasteiger partial charge in [-0.2, -0.15) is 10.5 Å². The molecule has 3 aromatic heterocycles. The summed E-state index contributed by atoms with van der Waals surface area (Å²) in [4.78, 5) is 27.1. The number of carbonyl (C=O) groups excluding carboxylic acids is 1. The number of benzene rings is 2. The average Bonchev–Trinajstić information content (AvgIpc) is 3.63. The van der Waals surface area contributed by atoms with E-state index in [-0.39, 0.29) is 16.8 Å². The summed E-state index contributed by atoms with van der Waals surface area (Å²) < 4.78 is 0. The third-order valence-electron chi connectivity index (χ3n) is 8.97. The number of carbonyl (C=O) groups is 1. The van der Waals surface area contributed by atoms with E-state index in [1.807, 2.05) is 52.0 Å². The zero-order valence-electron chi connectivity index (χ0n) is 27.1. The van der Waals surface area contributed by atoms with Crippen LogP contribution in [0.4, 0.5) is 17.1 Å². The lowest BCUT2D eigenvalue weighted by Gasteiger charge is -2.29. The molecule has 47 heavy (non-hydrogen) atoms. The van der Waals surface area contributed by atoms with Gasteiger partial charge in [-0.05, 0) is 98.5 Å². The first-order chi connectivity index (χ1) is 22.5. The molecule has 0 amide bonds. The monoisotopic (exact) mass is 629 g/mol. The molecule has 2 aliphatic rings. The van der Waals surface area contributed by atoms with Gasteiger partial charge in [0.05, 0.1) is 0 Å². The molecule has 0 N–H and O–H groups in total. The predicted octanol–water partition coefficient (Wildman–Crippen LogP) is 9.63. The largest absolute Gasteiger partial charge is 0.310 e. The minimum absolute atomic E-state index is 0.0550. The maximum atomic E-state index is 13.5. The lowest BCUT2D eigenvalue weighted by molar-refractivity contribution is 0.104. The van der Waals surface area contributed by atoms with Gasteiger partial charge in [0.2, 0.25) is 0 Å². The summed E-state index contributed by atoms with van der Waals surface area (Å²) in [6.45, 7) is 12.6. The number of nitrogens with zero attached hydrogens (tertiary/aromatic N) is 5. The topological polar surface area (TPSA) is 93.7 Å². The summed E-state index contributed by atoms with van der Waals surface area (Å²) in [5.74, 6) is -0.167. The van der Waals surface area contributed by atoms with Gasteiger partial charge in [-0.1, -0.05) is 44.2 Å². The number of Topliss-reactive ketones (excluding diaryl/α,β-unsaturated/α-hetero) is 1. The zero-order valence-corrected chi connectivity index (χ0v) is 27.9. The molecule has 5 aromatic rings. The quantitative estimate of drug-likeness (QED) is 0.145. The molecule has 7 rings (SSSR count). The summed E-state index contributed by atoms with van der Waals surface area (Å²) >= 11 is 1.63. The first kappa shape index (κ1) is 30.0. The van der Waals surface area contributed by atoms with E-state index >= 15 is 0 Å². The molecule has 0 radical (unpaired) electrons. The first-order valence-corrected chi connectivity index (χ1v) is 16.2. The van der Waals surface area contributed by atoms with Crippen LogP contribution in [-0.4, -0.2) is 15.8 Å². The second-order valence-corrected chi connectivity index (χ2v) is 13.8. The highest BCUT2D eigenvalue weighted by Gasteiger charge is 2.39. The highest BCUT2D eigenvalue weighted by molar-refractivity contribution is 7.16. The molecule has 0 atom stereocenters. The summed E-state index contributed by atoms with van der Waals surface area (Å²) in [6, 6.07) is 28.5. The molecule has 7 heteroatoms. The van der Waals surface area contributed by atoms with Crippen LogP contribution in [0.2, 0.25) is 0 Å². The van der Waals surface area contributed by atoms with Crippen LogP contribution in [0.5, 0.6) is 0 Å². The van der Waals surface area contributed by atoms with Crippen LogP contribution in [0.1, 0.15) is 68.5 Å². The molecule has 0 spiro atoms. The number of fused-ring (bicyclic) bond motifs is 4. The predicted molar refractivity (Wildman–Crippen MR) is 188 cm³/mol. The van der Waals surface area contributed by atoms with Gasteiger partial charge in [-0.25, -0.2) is 0 Å². The molecule has 0 fully saturated rings. The Balaban J connectivity index is 1.35. The Morgan fingerprint density at radius 2 is 1.32 bits per heavy atom. The Labute approximate surface area is 278 Å². The number of hydrogen-bond donors (Lipinski definition) is 0. The number of rotatable bonds is 4. The number of anilines is 3. The number of ketones is 1. The van der Waals surface area contributed by atoms with Crippen LogP contribution in [0.15, 0.2) is 83.9 Å². The maximum absolute atomic E-state index is 13.5. The summed E-state index contributed by atoms with van der Waals surface area (Å²) in [6.07, 6.45) is 1.85. The van der Waals surface area contributed by atoms with Crippen molar-refractivity contribution in [3.05, 3.63) is 134 Å². The fourth-order valence-electron chi connectivity index (χ4n) is 7.00. The van der Waals surface area contributed by atoms with E-state index in [0.717, 1.165) is 49.6 Å². The van der Waals surface area contributed by atoms with E-state index in [1.165, 1.54) is 16.7 Å². The number of nitriles is 2. The van der Waals surface area contributed by atoms with Crippen LogP contribution in [-0.2, 0) is 5.41 Å². The van der Waals surface area contributed by atoms with Gasteiger partial charge in [-0.15, -0.1) is 11.3 Å². The van der Waals surface area contributed by atoms with Crippen molar-refractivity contribution < 1.29 is 4.79 Å². The van der Waals surface area contributed by atoms with Crippen molar-refractivity contribution in [1.29, 1.82) is 10.5 Å². The third kappa shape index (κ3) is 4.88. The highest BCUT2D eigenvalue weighted by atomic mass is 32.1. The van der Waals surface area contributed by atoms with Crippen molar-refractivity contribution in [3.8, 4) is 22.6 Å². The first-order valence-electron chi connectivity index (χ1n) is 15.4.